The number of nitrogens with zero attached hydrogens (tertiary/aromatic N) is 4. The lowest BCUT2D eigenvalue weighted by atomic mass is 9.96. The van der Waals surface area contributed by atoms with Crippen LogP contribution in [0.5, 0.6) is 0 Å². The Bertz CT molecular complexity index is 393. The van der Waals surface area contributed by atoms with Gasteiger partial charge >= 0.3 is 0 Å². The van der Waals surface area contributed by atoms with Crippen LogP contribution in [0.2, 0.25) is 0 Å². The predicted molar refractivity (Wildman–Crippen MR) is 94.5 cm³/mol. The van der Waals surface area contributed by atoms with Crippen LogP contribution in [0.1, 0.15) is 26.7 Å². The Kier molecular flexibility index (Phi) is 7.13. The van der Waals surface area contributed by atoms with E-state index in [1.165, 1.54) is 45.6 Å². The molecule has 0 aliphatic carbocycles. The molecule has 2 aliphatic heterocycles. The highest BCUT2D eigenvalue weighted by Gasteiger charge is 2.23. The average molecular weight is 304 g/mol. The summed E-state index contributed by atoms with van der Waals surface area (Å²) in [6.45, 7) is 12.6. The van der Waals surface area contributed by atoms with E-state index < -0.39 is 0 Å². The largest absolute Gasteiger partial charge is 0.357 e. The fraction of sp³-hybridized carbons (Fsp3) is 0.722. The molecule has 0 bridgehead atoms. The average Bonchev–Trinajstić information content (AvgIpc) is 2.60. The number of hydrogen-bond acceptors (Lipinski definition) is 4. The first-order chi connectivity index (χ1) is 10.8. The van der Waals surface area contributed by atoms with Crippen molar-refractivity contribution in [2.75, 3.05) is 57.8 Å². The summed E-state index contributed by atoms with van der Waals surface area (Å²) in [5.41, 5.74) is 0. The molecule has 0 saturated carbocycles. The third-order valence-corrected chi connectivity index (χ3v) is 4.70. The summed E-state index contributed by atoms with van der Waals surface area (Å²) in [5.74, 6) is 2.02. The normalized spacial score (nSPS) is 21.3. The monoisotopic (exact) mass is 304 g/mol. The number of aromatic nitrogens is 1. The molecule has 0 spiro atoms. The minimum absolute atomic E-state index is 0.873. The van der Waals surface area contributed by atoms with Crippen LogP contribution in [0.4, 0.5) is 5.82 Å². The van der Waals surface area contributed by atoms with Gasteiger partial charge in [-0.05, 0) is 37.9 Å². The second-order valence-corrected chi connectivity index (χ2v) is 6.22. The lowest BCUT2D eigenvalue weighted by molar-refractivity contribution is 0.129. The zero-order chi connectivity index (χ0) is 15.8. The highest BCUT2D eigenvalue weighted by Crippen LogP contribution is 2.22. The molecule has 0 unspecified atom stereocenters. The highest BCUT2D eigenvalue weighted by molar-refractivity contribution is 5.37. The van der Waals surface area contributed by atoms with Gasteiger partial charge in [0, 0.05) is 52.0 Å². The fourth-order valence-electron chi connectivity index (χ4n) is 3.28. The van der Waals surface area contributed by atoms with E-state index >= 15 is 0 Å². The first-order valence-electron chi connectivity index (χ1n) is 8.88. The molecule has 1 aromatic rings. The number of anilines is 1. The van der Waals surface area contributed by atoms with Gasteiger partial charge in [0.1, 0.15) is 5.82 Å². The van der Waals surface area contributed by atoms with E-state index in [0.29, 0.717) is 0 Å². The van der Waals surface area contributed by atoms with E-state index in [1.54, 1.807) is 0 Å². The molecular weight excluding hydrogens is 272 g/mol. The molecule has 4 nitrogen and oxygen atoms in total. The molecule has 0 atom stereocenters. The zero-order valence-electron chi connectivity index (χ0n) is 14.5. The second-order valence-electron chi connectivity index (χ2n) is 6.22. The minimum Gasteiger partial charge on any atom is -0.357 e. The Morgan fingerprint density at radius 3 is 2.27 bits per heavy atom. The number of pyridine rings is 1. The fourth-order valence-corrected chi connectivity index (χ4v) is 3.28. The third-order valence-electron chi connectivity index (χ3n) is 4.70. The van der Waals surface area contributed by atoms with Crippen LogP contribution in [0.3, 0.4) is 0 Å². The van der Waals surface area contributed by atoms with Crippen LogP contribution in [0, 0.1) is 5.92 Å². The maximum Gasteiger partial charge on any atom is 0.128 e. The number of piperazine rings is 1. The van der Waals surface area contributed by atoms with E-state index in [9.17, 15) is 0 Å². The van der Waals surface area contributed by atoms with E-state index in [-0.39, 0.29) is 0 Å². The summed E-state index contributed by atoms with van der Waals surface area (Å²) < 4.78 is 0. The molecule has 2 fully saturated rings. The molecule has 22 heavy (non-hydrogen) atoms. The maximum atomic E-state index is 4.46. The van der Waals surface area contributed by atoms with Gasteiger partial charge in [-0.3, -0.25) is 0 Å². The Morgan fingerprint density at radius 2 is 1.68 bits per heavy atom. The van der Waals surface area contributed by atoms with Gasteiger partial charge in [0.15, 0.2) is 0 Å². The lowest BCUT2D eigenvalue weighted by Crippen LogP contribution is -2.47. The molecule has 2 saturated heterocycles. The van der Waals surface area contributed by atoms with Crippen molar-refractivity contribution in [3.05, 3.63) is 24.4 Å². The van der Waals surface area contributed by atoms with Crippen molar-refractivity contribution < 1.29 is 0 Å². The van der Waals surface area contributed by atoms with Gasteiger partial charge in [-0.1, -0.05) is 19.9 Å². The highest BCUT2D eigenvalue weighted by atomic mass is 15.2. The van der Waals surface area contributed by atoms with Gasteiger partial charge in [0.2, 0.25) is 0 Å². The summed E-state index contributed by atoms with van der Waals surface area (Å²) in [7, 11) is 2.22. The molecule has 0 N–H and O–H groups in total. The SMILES string of the molecule is CC.CN1CCN(CC2CCN(c3ccccn3)CC2)CC1. The Balaban J connectivity index is 0.000000847. The first-order valence-corrected chi connectivity index (χ1v) is 8.88. The zero-order valence-corrected chi connectivity index (χ0v) is 14.5. The summed E-state index contributed by atoms with van der Waals surface area (Å²) in [4.78, 5) is 12.0. The third kappa shape index (κ3) is 4.96. The Labute approximate surface area is 136 Å². The topological polar surface area (TPSA) is 22.6 Å². The standard InChI is InChI=1S/C16H26N4.C2H6/c1-18-10-12-19(13-11-18)14-15-5-8-20(9-6-15)16-4-2-3-7-17-16;1-2/h2-4,7,15H,5-6,8-14H2,1H3;1-2H3. The van der Waals surface area contributed by atoms with Gasteiger partial charge in [-0.2, -0.15) is 0 Å². The molecular formula is C18H32N4. The van der Waals surface area contributed by atoms with Crippen molar-refractivity contribution in [1.29, 1.82) is 0 Å². The van der Waals surface area contributed by atoms with Crippen molar-refractivity contribution in [2.45, 2.75) is 26.7 Å². The van der Waals surface area contributed by atoms with Gasteiger partial charge in [-0.25, -0.2) is 4.98 Å². The summed E-state index contributed by atoms with van der Waals surface area (Å²) in [6.07, 6.45) is 4.51. The molecule has 3 heterocycles. The van der Waals surface area contributed by atoms with Crippen molar-refractivity contribution in [3.63, 3.8) is 0 Å². The molecule has 124 valence electrons. The van der Waals surface area contributed by atoms with Gasteiger partial charge in [-0.15, -0.1) is 0 Å². The molecule has 3 rings (SSSR count). The smallest absolute Gasteiger partial charge is 0.128 e. The van der Waals surface area contributed by atoms with E-state index in [2.05, 4.69) is 38.9 Å². The molecule has 4 heteroatoms. The molecule has 0 amide bonds. The van der Waals surface area contributed by atoms with Crippen LogP contribution in [0.15, 0.2) is 24.4 Å². The number of rotatable bonds is 3. The van der Waals surface area contributed by atoms with Crippen LogP contribution in [0.25, 0.3) is 0 Å². The number of likely N-dealkylation sites (N-methyl/N-ethyl adjacent to an activating group) is 1. The molecule has 2 aliphatic rings. The number of hydrogen-bond donors (Lipinski definition) is 0. The quantitative estimate of drug-likeness (QED) is 0.856. The van der Waals surface area contributed by atoms with E-state index in [4.69, 9.17) is 0 Å². The van der Waals surface area contributed by atoms with Crippen molar-refractivity contribution in [1.82, 2.24) is 14.8 Å². The van der Waals surface area contributed by atoms with Crippen LogP contribution >= 0.6 is 0 Å². The van der Waals surface area contributed by atoms with Crippen LogP contribution in [-0.2, 0) is 0 Å². The van der Waals surface area contributed by atoms with E-state index in [0.717, 1.165) is 24.8 Å². The first kappa shape index (κ1) is 17.2. The molecule has 0 aromatic carbocycles. The molecule has 0 radical (unpaired) electrons. The molecule has 1 aromatic heterocycles. The van der Waals surface area contributed by atoms with Crippen molar-refractivity contribution in [2.24, 2.45) is 5.92 Å². The Hall–Kier alpha value is -1.13. The van der Waals surface area contributed by atoms with Crippen molar-refractivity contribution >= 4 is 5.82 Å². The Morgan fingerprint density at radius 1 is 1.00 bits per heavy atom. The van der Waals surface area contributed by atoms with Crippen LogP contribution in [-0.4, -0.2) is 67.6 Å². The number of piperidine rings is 1. The van der Waals surface area contributed by atoms with E-state index in [1.807, 2.05) is 26.1 Å². The summed E-state index contributed by atoms with van der Waals surface area (Å²) in [6, 6.07) is 6.20. The summed E-state index contributed by atoms with van der Waals surface area (Å²) >= 11 is 0. The van der Waals surface area contributed by atoms with Crippen molar-refractivity contribution in [3.8, 4) is 0 Å². The van der Waals surface area contributed by atoms with Gasteiger partial charge < -0.3 is 14.7 Å². The summed E-state index contributed by atoms with van der Waals surface area (Å²) in [5, 5.41) is 0. The van der Waals surface area contributed by atoms with Gasteiger partial charge in [0.25, 0.3) is 0 Å². The van der Waals surface area contributed by atoms with Crippen LogP contribution < -0.4 is 4.90 Å². The minimum atomic E-state index is 0.873. The maximum absolute atomic E-state index is 4.46. The lowest BCUT2D eigenvalue weighted by Gasteiger charge is -2.38. The van der Waals surface area contributed by atoms with Gasteiger partial charge in [0.05, 0.1) is 0 Å². The predicted octanol–water partition coefficient (Wildman–Crippen LogP) is 2.57. The second kappa shape index (κ2) is 9.11.